The van der Waals surface area contributed by atoms with Crippen LogP contribution >= 0.6 is 0 Å². The maximum atomic E-state index is 13.3. The summed E-state index contributed by atoms with van der Waals surface area (Å²) < 4.78 is 45.2. The number of rotatable bonds is 3. The van der Waals surface area contributed by atoms with Gasteiger partial charge in [-0.3, -0.25) is 0 Å². The highest BCUT2D eigenvalue weighted by Gasteiger charge is 2.39. The molecule has 0 aromatic carbocycles. The zero-order chi connectivity index (χ0) is 17.6. The van der Waals surface area contributed by atoms with E-state index >= 15 is 0 Å². The van der Waals surface area contributed by atoms with Crippen molar-refractivity contribution in [3.8, 4) is 11.1 Å². The molecule has 0 aliphatic heterocycles. The van der Waals surface area contributed by atoms with Gasteiger partial charge in [-0.05, 0) is 17.1 Å². The summed E-state index contributed by atoms with van der Waals surface area (Å²) in [5.41, 5.74) is -3.03. The van der Waals surface area contributed by atoms with Gasteiger partial charge >= 0.3 is 18.0 Å². The van der Waals surface area contributed by atoms with Crippen LogP contribution in [0.3, 0.4) is 0 Å². The number of carboxylic acid groups (broad SMARTS) is 1. The molecule has 11 heteroatoms. The summed E-state index contributed by atoms with van der Waals surface area (Å²) in [5.74, 6) is -2.86. The molecule has 124 valence electrons. The molecule has 0 amide bonds. The number of nitro groups is 1. The van der Waals surface area contributed by atoms with Gasteiger partial charge in [0, 0.05) is 11.1 Å². The third kappa shape index (κ3) is 2.35. The van der Waals surface area contributed by atoms with Crippen LogP contribution < -0.4 is 0 Å². The zero-order valence-electron chi connectivity index (χ0n) is 11.4. The van der Waals surface area contributed by atoms with E-state index < -0.39 is 39.8 Å². The van der Waals surface area contributed by atoms with Crippen molar-refractivity contribution in [3.05, 3.63) is 52.2 Å². The summed E-state index contributed by atoms with van der Waals surface area (Å²) in [6, 6.07) is 2.09. The third-order valence-corrected chi connectivity index (χ3v) is 3.23. The Hall–Kier alpha value is -3.37. The predicted octanol–water partition coefficient (Wildman–Crippen LogP) is 3.22. The van der Waals surface area contributed by atoms with Crippen LogP contribution in [0.25, 0.3) is 16.8 Å². The average Bonchev–Trinajstić information content (AvgIpc) is 3.12. The van der Waals surface area contributed by atoms with E-state index in [2.05, 4.69) is 4.98 Å². The molecular formula is C13H6F3N3O5. The fourth-order valence-corrected chi connectivity index (χ4v) is 2.25. The Kier molecular flexibility index (Phi) is 3.28. The van der Waals surface area contributed by atoms with Crippen molar-refractivity contribution in [3.63, 3.8) is 0 Å². The third-order valence-electron chi connectivity index (χ3n) is 3.23. The number of hydrogen-bond donors (Lipinski definition) is 1. The van der Waals surface area contributed by atoms with Crippen molar-refractivity contribution in [2.75, 3.05) is 0 Å². The van der Waals surface area contributed by atoms with E-state index in [1.165, 1.54) is 12.3 Å². The number of pyridine rings is 1. The van der Waals surface area contributed by atoms with Crippen molar-refractivity contribution >= 4 is 17.4 Å². The van der Waals surface area contributed by atoms with Crippen LogP contribution in [0.5, 0.6) is 0 Å². The maximum Gasteiger partial charge on any atom is 0.422 e. The topological polar surface area (TPSA) is 111 Å². The van der Waals surface area contributed by atoms with Gasteiger partial charge < -0.3 is 19.6 Å². The standard InChI is InChI=1S/C13H6F3N3O5/c14-13(15,16)8-3-7(6-1-2-24-5-6)4-18-10(8)17-9(12(20)21)11(18)19(22)23/h1-5H,(H,20,21). The number of carboxylic acids is 1. The van der Waals surface area contributed by atoms with Gasteiger partial charge in [-0.2, -0.15) is 22.6 Å². The van der Waals surface area contributed by atoms with Gasteiger partial charge in [-0.15, -0.1) is 0 Å². The SMILES string of the molecule is O=C(O)c1nc2c(C(F)(F)F)cc(-c3ccoc3)cn2c1[N+](=O)[O-]. The first-order valence-corrected chi connectivity index (χ1v) is 6.23. The Balaban J connectivity index is 2.46. The fraction of sp³-hybridized carbons (Fsp3) is 0.0769. The minimum Gasteiger partial charge on any atom is -0.476 e. The molecule has 0 bridgehead atoms. The lowest BCUT2D eigenvalue weighted by molar-refractivity contribution is -0.390. The predicted molar refractivity (Wildman–Crippen MR) is 71.5 cm³/mol. The van der Waals surface area contributed by atoms with E-state index in [1.807, 2.05) is 0 Å². The van der Waals surface area contributed by atoms with Crippen molar-refractivity contribution in [1.29, 1.82) is 0 Å². The molecule has 3 aromatic rings. The molecule has 0 fully saturated rings. The van der Waals surface area contributed by atoms with E-state index in [0.717, 1.165) is 18.5 Å². The molecular weight excluding hydrogens is 335 g/mol. The van der Waals surface area contributed by atoms with Crippen molar-refractivity contribution < 1.29 is 32.4 Å². The number of aromatic nitrogens is 2. The summed E-state index contributed by atoms with van der Waals surface area (Å²) in [6.45, 7) is 0. The second-order valence-corrected chi connectivity index (χ2v) is 4.69. The van der Waals surface area contributed by atoms with Crippen LogP contribution in [-0.2, 0) is 6.18 Å². The van der Waals surface area contributed by atoms with Crippen LogP contribution in [0.15, 0.2) is 35.3 Å². The molecule has 3 aromatic heterocycles. The second-order valence-electron chi connectivity index (χ2n) is 4.69. The van der Waals surface area contributed by atoms with Crippen molar-refractivity contribution in [2.45, 2.75) is 6.18 Å². The lowest BCUT2D eigenvalue weighted by atomic mass is 10.1. The van der Waals surface area contributed by atoms with Crippen LogP contribution in [0.1, 0.15) is 16.1 Å². The largest absolute Gasteiger partial charge is 0.476 e. The van der Waals surface area contributed by atoms with Crippen LogP contribution in [0, 0.1) is 10.1 Å². The minimum atomic E-state index is -4.89. The zero-order valence-corrected chi connectivity index (χ0v) is 11.4. The number of carbonyl (C=O) groups is 1. The normalized spacial score (nSPS) is 11.8. The van der Waals surface area contributed by atoms with Gasteiger partial charge in [0.25, 0.3) is 0 Å². The molecule has 8 nitrogen and oxygen atoms in total. The minimum absolute atomic E-state index is 0.0407. The Labute approximate surface area is 129 Å². The highest BCUT2D eigenvalue weighted by Crippen LogP contribution is 2.37. The summed E-state index contributed by atoms with van der Waals surface area (Å²) in [6.07, 6.45) is -1.51. The average molecular weight is 341 g/mol. The first-order valence-electron chi connectivity index (χ1n) is 6.23. The van der Waals surface area contributed by atoms with Gasteiger partial charge in [0.2, 0.25) is 11.3 Å². The van der Waals surface area contributed by atoms with Gasteiger partial charge in [0.05, 0.1) is 12.5 Å². The fourth-order valence-electron chi connectivity index (χ4n) is 2.25. The molecule has 0 aliphatic rings. The summed E-state index contributed by atoms with van der Waals surface area (Å²) >= 11 is 0. The number of fused-ring (bicyclic) bond motifs is 1. The first kappa shape index (κ1) is 15.5. The van der Waals surface area contributed by atoms with E-state index in [1.54, 1.807) is 0 Å². The van der Waals surface area contributed by atoms with Gasteiger partial charge in [-0.1, -0.05) is 0 Å². The number of alkyl halides is 3. The molecule has 3 heterocycles. The molecule has 0 saturated heterocycles. The molecule has 0 spiro atoms. The summed E-state index contributed by atoms with van der Waals surface area (Å²) in [5, 5.41) is 20.1. The van der Waals surface area contributed by atoms with Crippen molar-refractivity contribution in [1.82, 2.24) is 9.38 Å². The number of imidazole rings is 1. The van der Waals surface area contributed by atoms with Gasteiger partial charge in [0.15, 0.2) is 0 Å². The lowest BCUT2D eigenvalue weighted by Crippen LogP contribution is -2.09. The monoisotopic (exact) mass is 341 g/mol. The number of furan rings is 1. The molecule has 0 aliphatic carbocycles. The Morgan fingerprint density at radius 1 is 1.38 bits per heavy atom. The molecule has 24 heavy (non-hydrogen) atoms. The Morgan fingerprint density at radius 3 is 2.58 bits per heavy atom. The number of hydrogen-bond acceptors (Lipinski definition) is 5. The van der Waals surface area contributed by atoms with E-state index in [4.69, 9.17) is 9.52 Å². The number of aromatic carboxylic acids is 1. The maximum absolute atomic E-state index is 13.3. The van der Waals surface area contributed by atoms with E-state index in [-0.39, 0.29) is 11.1 Å². The Morgan fingerprint density at radius 2 is 2.08 bits per heavy atom. The van der Waals surface area contributed by atoms with E-state index in [9.17, 15) is 28.1 Å². The highest BCUT2D eigenvalue weighted by atomic mass is 19.4. The Bertz CT molecular complexity index is 960. The first-order chi connectivity index (χ1) is 11.2. The highest BCUT2D eigenvalue weighted by molar-refractivity contribution is 5.91. The van der Waals surface area contributed by atoms with Crippen LogP contribution in [-0.4, -0.2) is 25.4 Å². The summed E-state index contributed by atoms with van der Waals surface area (Å²) in [4.78, 5) is 24.4. The number of nitrogens with zero attached hydrogens (tertiary/aromatic N) is 3. The van der Waals surface area contributed by atoms with Crippen LogP contribution in [0.4, 0.5) is 19.0 Å². The second kappa shape index (κ2) is 5.08. The molecule has 0 radical (unpaired) electrons. The number of halogens is 3. The molecule has 0 unspecified atom stereocenters. The molecule has 3 rings (SSSR count). The van der Waals surface area contributed by atoms with Crippen LogP contribution in [0.2, 0.25) is 0 Å². The smallest absolute Gasteiger partial charge is 0.422 e. The molecule has 0 saturated carbocycles. The molecule has 0 atom stereocenters. The summed E-state index contributed by atoms with van der Waals surface area (Å²) in [7, 11) is 0. The quantitative estimate of drug-likeness (QED) is 0.578. The van der Waals surface area contributed by atoms with Crippen molar-refractivity contribution in [2.24, 2.45) is 0 Å². The van der Waals surface area contributed by atoms with E-state index in [0.29, 0.717) is 4.40 Å². The molecule has 1 N–H and O–H groups in total. The van der Waals surface area contributed by atoms with Gasteiger partial charge in [0.1, 0.15) is 11.8 Å². The van der Waals surface area contributed by atoms with Gasteiger partial charge in [-0.25, -0.2) is 4.79 Å². The lowest BCUT2D eigenvalue weighted by Gasteiger charge is -2.08.